The third-order valence-electron chi connectivity index (χ3n) is 2.55. The van der Waals surface area contributed by atoms with Crippen molar-refractivity contribution in [2.45, 2.75) is 25.9 Å². The van der Waals surface area contributed by atoms with Gasteiger partial charge in [-0.1, -0.05) is 6.07 Å². The van der Waals surface area contributed by atoms with Crippen LogP contribution in [0, 0.1) is 0 Å². The molecule has 1 heterocycles. The van der Waals surface area contributed by atoms with E-state index < -0.39 is 12.1 Å². The fourth-order valence-corrected chi connectivity index (χ4v) is 1.71. The van der Waals surface area contributed by atoms with Crippen molar-refractivity contribution < 1.29 is 23.7 Å². The van der Waals surface area contributed by atoms with Gasteiger partial charge in [-0.3, -0.25) is 0 Å². The van der Waals surface area contributed by atoms with Gasteiger partial charge in [0.1, 0.15) is 6.61 Å². The van der Waals surface area contributed by atoms with Gasteiger partial charge in [-0.2, -0.15) is 0 Å². The average molecular weight is 254 g/mol. The summed E-state index contributed by atoms with van der Waals surface area (Å²) >= 11 is 0. The first kappa shape index (κ1) is 13.0. The van der Waals surface area contributed by atoms with E-state index in [1.165, 1.54) is 0 Å². The second kappa shape index (κ2) is 5.04. The third kappa shape index (κ3) is 2.68. The average Bonchev–Trinajstić information content (AvgIpc) is 2.65. The maximum Gasteiger partial charge on any atom is 0.246 e. The van der Waals surface area contributed by atoms with Crippen molar-refractivity contribution in [3.8, 4) is 17.2 Å². The highest BCUT2D eigenvalue weighted by atomic mass is 16.7. The lowest BCUT2D eigenvalue weighted by Gasteiger charge is -2.17. The lowest BCUT2D eigenvalue weighted by molar-refractivity contribution is -0.122. The monoisotopic (exact) mass is 254 g/mol. The van der Waals surface area contributed by atoms with Crippen LogP contribution in [-0.4, -0.2) is 32.9 Å². The van der Waals surface area contributed by atoms with Crippen molar-refractivity contribution in [1.29, 1.82) is 0 Å². The second-order valence-corrected chi connectivity index (χ2v) is 4.40. The minimum absolute atomic E-state index is 0.285. The Hall–Kier alpha value is -1.46. The Morgan fingerprint density at radius 2 is 1.89 bits per heavy atom. The molecule has 0 saturated heterocycles. The molecule has 0 saturated carbocycles. The maximum absolute atomic E-state index is 5.70. The summed E-state index contributed by atoms with van der Waals surface area (Å²) in [7, 11) is 3.13. The van der Waals surface area contributed by atoms with Crippen LogP contribution in [-0.2, 0) is 9.47 Å². The fourth-order valence-electron chi connectivity index (χ4n) is 1.71. The first-order chi connectivity index (χ1) is 8.55. The van der Waals surface area contributed by atoms with Crippen molar-refractivity contribution in [2.24, 2.45) is 0 Å². The van der Waals surface area contributed by atoms with Crippen LogP contribution in [0.15, 0.2) is 18.2 Å². The maximum atomic E-state index is 5.70. The molecule has 0 radical (unpaired) electrons. The van der Waals surface area contributed by atoms with Crippen LogP contribution in [0.4, 0.5) is 0 Å². The summed E-state index contributed by atoms with van der Waals surface area (Å²) in [4.78, 5) is 0. The van der Waals surface area contributed by atoms with E-state index in [-0.39, 0.29) is 6.61 Å². The van der Waals surface area contributed by atoms with Gasteiger partial charge in [0.05, 0.1) is 0 Å². The molecular weight excluding hydrogens is 236 g/mol. The summed E-state index contributed by atoms with van der Waals surface area (Å²) in [5, 5.41) is 0. The van der Waals surface area contributed by atoms with Crippen molar-refractivity contribution in [1.82, 2.24) is 0 Å². The molecule has 1 aromatic carbocycles. The SMILES string of the molecule is COC(COc1cccc2c1OC(C)(C)O2)OC. The summed E-state index contributed by atoms with van der Waals surface area (Å²) in [5.41, 5.74) is 0. The second-order valence-electron chi connectivity index (χ2n) is 4.40. The summed E-state index contributed by atoms with van der Waals surface area (Å²) in [6.45, 7) is 3.99. The molecule has 0 spiro atoms. The van der Waals surface area contributed by atoms with Crippen LogP contribution >= 0.6 is 0 Å². The van der Waals surface area contributed by atoms with E-state index in [0.717, 1.165) is 0 Å². The first-order valence-electron chi connectivity index (χ1n) is 5.75. The van der Waals surface area contributed by atoms with E-state index in [1.807, 2.05) is 32.0 Å². The highest BCUT2D eigenvalue weighted by Crippen LogP contribution is 2.45. The van der Waals surface area contributed by atoms with Crippen molar-refractivity contribution >= 4 is 0 Å². The molecule has 5 nitrogen and oxygen atoms in total. The summed E-state index contributed by atoms with van der Waals surface area (Å²) < 4.78 is 27.1. The van der Waals surface area contributed by atoms with Crippen molar-refractivity contribution in [2.75, 3.05) is 20.8 Å². The Labute approximate surface area is 107 Å². The predicted octanol–water partition coefficient (Wildman–Crippen LogP) is 2.19. The summed E-state index contributed by atoms with van der Waals surface area (Å²) in [6, 6.07) is 5.53. The molecule has 18 heavy (non-hydrogen) atoms. The van der Waals surface area contributed by atoms with Gasteiger partial charge in [0.2, 0.25) is 11.5 Å². The highest BCUT2D eigenvalue weighted by molar-refractivity contribution is 5.53. The Bertz CT molecular complexity index is 412. The van der Waals surface area contributed by atoms with E-state index in [9.17, 15) is 0 Å². The lowest BCUT2D eigenvalue weighted by Crippen LogP contribution is -2.30. The molecule has 0 atom stereocenters. The number of hydrogen-bond donors (Lipinski definition) is 0. The van der Waals surface area contributed by atoms with Gasteiger partial charge >= 0.3 is 0 Å². The minimum Gasteiger partial charge on any atom is -0.484 e. The zero-order chi connectivity index (χ0) is 13.2. The zero-order valence-corrected chi connectivity index (χ0v) is 11.1. The van der Waals surface area contributed by atoms with Gasteiger partial charge in [0.25, 0.3) is 0 Å². The molecule has 0 N–H and O–H groups in total. The van der Waals surface area contributed by atoms with Crippen molar-refractivity contribution in [3.63, 3.8) is 0 Å². The molecule has 1 aliphatic rings. The number of methoxy groups -OCH3 is 2. The quantitative estimate of drug-likeness (QED) is 0.754. The predicted molar refractivity (Wildman–Crippen MR) is 65.1 cm³/mol. The van der Waals surface area contributed by atoms with Gasteiger partial charge in [-0.15, -0.1) is 0 Å². The molecule has 1 aromatic rings. The van der Waals surface area contributed by atoms with Crippen LogP contribution in [0.5, 0.6) is 17.2 Å². The number of para-hydroxylation sites is 1. The number of rotatable bonds is 5. The standard InChI is InChI=1S/C13H18O5/c1-13(2)17-10-7-5-6-9(12(10)18-13)16-8-11(14-3)15-4/h5-7,11H,8H2,1-4H3. The number of fused-ring (bicyclic) bond motifs is 1. The minimum atomic E-state index is -0.663. The van der Waals surface area contributed by atoms with Crippen LogP contribution in [0.25, 0.3) is 0 Å². The van der Waals surface area contributed by atoms with E-state index in [1.54, 1.807) is 14.2 Å². The molecule has 0 amide bonds. The first-order valence-corrected chi connectivity index (χ1v) is 5.75. The molecule has 1 aliphatic heterocycles. The molecule has 0 fully saturated rings. The number of benzene rings is 1. The fraction of sp³-hybridized carbons (Fsp3) is 0.538. The van der Waals surface area contributed by atoms with E-state index in [2.05, 4.69) is 0 Å². The van der Waals surface area contributed by atoms with Gasteiger partial charge in [-0.05, 0) is 12.1 Å². The highest BCUT2D eigenvalue weighted by Gasteiger charge is 2.34. The molecule has 0 aromatic heterocycles. The molecule has 2 rings (SSSR count). The number of hydrogen-bond acceptors (Lipinski definition) is 5. The molecule has 100 valence electrons. The van der Waals surface area contributed by atoms with E-state index in [4.69, 9.17) is 23.7 Å². The van der Waals surface area contributed by atoms with Gasteiger partial charge in [-0.25, -0.2) is 0 Å². The zero-order valence-electron chi connectivity index (χ0n) is 11.1. The molecule has 0 bridgehead atoms. The van der Waals surface area contributed by atoms with Crippen LogP contribution < -0.4 is 14.2 Å². The van der Waals surface area contributed by atoms with Gasteiger partial charge in [0.15, 0.2) is 17.8 Å². The molecular formula is C13H18O5. The Morgan fingerprint density at radius 1 is 1.17 bits per heavy atom. The van der Waals surface area contributed by atoms with E-state index >= 15 is 0 Å². The topological polar surface area (TPSA) is 46.2 Å². The van der Waals surface area contributed by atoms with Gasteiger partial charge in [0, 0.05) is 28.1 Å². The molecule has 0 unspecified atom stereocenters. The van der Waals surface area contributed by atoms with Crippen LogP contribution in [0.1, 0.15) is 13.8 Å². The molecule has 5 heteroatoms. The van der Waals surface area contributed by atoms with Crippen molar-refractivity contribution in [3.05, 3.63) is 18.2 Å². The van der Waals surface area contributed by atoms with Gasteiger partial charge < -0.3 is 23.7 Å². The Morgan fingerprint density at radius 3 is 2.56 bits per heavy atom. The largest absolute Gasteiger partial charge is 0.484 e. The molecule has 0 aliphatic carbocycles. The lowest BCUT2D eigenvalue weighted by atomic mass is 10.3. The van der Waals surface area contributed by atoms with Crippen LogP contribution in [0.2, 0.25) is 0 Å². The summed E-state index contributed by atoms with van der Waals surface area (Å²) in [5.74, 6) is 1.26. The third-order valence-corrected chi connectivity index (χ3v) is 2.55. The Balaban J connectivity index is 2.10. The summed E-state index contributed by atoms with van der Waals surface area (Å²) in [6.07, 6.45) is -0.406. The van der Waals surface area contributed by atoms with Crippen LogP contribution in [0.3, 0.4) is 0 Å². The normalized spacial score (nSPS) is 16.1. The van der Waals surface area contributed by atoms with E-state index in [0.29, 0.717) is 17.2 Å². The number of ether oxygens (including phenoxy) is 5. The smallest absolute Gasteiger partial charge is 0.246 e. The Kier molecular flexibility index (Phi) is 3.63.